The van der Waals surface area contributed by atoms with Gasteiger partial charge in [0.25, 0.3) is 0 Å². The van der Waals surface area contributed by atoms with E-state index in [4.69, 9.17) is 0 Å². The van der Waals surface area contributed by atoms with Gasteiger partial charge >= 0.3 is 0 Å². The number of nitrogens with zero attached hydrogens (tertiary/aromatic N) is 2. The van der Waals surface area contributed by atoms with Crippen LogP contribution in [0.4, 0.5) is 0 Å². The molecule has 2 aliphatic rings. The molecule has 3 heterocycles. The molecule has 0 bridgehead atoms. The Kier molecular flexibility index (Phi) is 3.47. The summed E-state index contributed by atoms with van der Waals surface area (Å²) in [5.74, 6) is 0.293. The molecule has 23 heavy (non-hydrogen) atoms. The molecule has 120 valence electrons. The fourth-order valence-electron chi connectivity index (χ4n) is 4.03. The summed E-state index contributed by atoms with van der Waals surface area (Å²) in [6, 6.07) is 0. The fourth-order valence-corrected chi connectivity index (χ4v) is 4.03. The van der Waals surface area contributed by atoms with E-state index in [1.54, 1.807) is 6.33 Å². The predicted octanol–water partition coefficient (Wildman–Crippen LogP) is 2.02. The first kappa shape index (κ1) is 14.5. The van der Waals surface area contributed by atoms with Crippen LogP contribution in [0.3, 0.4) is 0 Å². The maximum absolute atomic E-state index is 13.1. The van der Waals surface area contributed by atoms with E-state index >= 15 is 0 Å². The molecule has 0 saturated heterocycles. The van der Waals surface area contributed by atoms with Gasteiger partial charge in [-0.15, -0.1) is 0 Å². The molecule has 4 rings (SSSR count). The third kappa shape index (κ3) is 2.28. The molecule has 0 spiro atoms. The van der Waals surface area contributed by atoms with Gasteiger partial charge in [-0.25, -0.2) is 4.98 Å². The fraction of sp³-hybridized carbons (Fsp3) is 0.474. The minimum atomic E-state index is 0.0389. The van der Waals surface area contributed by atoms with Crippen molar-refractivity contribution in [3.05, 3.63) is 39.5 Å². The number of nitrogens with one attached hydrogen (secondary N) is 1. The molecule has 1 unspecified atom stereocenters. The monoisotopic (exact) mass is 309 g/mol. The zero-order valence-corrected chi connectivity index (χ0v) is 13.9. The second-order valence-electron chi connectivity index (χ2n) is 6.80. The maximum Gasteiger partial charge on any atom is 0.234 e. The third-order valence-electron chi connectivity index (χ3n) is 5.39. The molecular formula is C19H23N3O. The topological polar surface area (TPSA) is 50.7 Å². The summed E-state index contributed by atoms with van der Waals surface area (Å²) < 4.78 is 2.02. The number of rotatable bonds is 2. The molecule has 0 aromatic carbocycles. The Bertz CT molecular complexity index is 885. The van der Waals surface area contributed by atoms with E-state index in [9.17, 15) is 4.79 Å². The van der Waals surface area contributed by atoms with Gasteiger partial charge in [0.05, 0.1) is 17.4 Å². The van der Waals surface area contributed by atoms with Crippen molar-refractivity contribution in [2.75, 3.05) is 0 Å². The molecular weight excluding hydrogens is 286 g/mol. The van der Waals surface area contributed by atoms with Gasteiger partial charge in [0.2, 0.25) is 5.91 Å². The van der Waals surface area contributed by atoms with Crippen LogP contribution in [-0.4, -0.2) is 20.4 Å². The SMILES string of the molecule is Cc1[nH]cnc1CC1CCc2c(C)c3c(n2C1=O)=CCCCC=3. The molecule has 2 aromatic rings. The molecule has 1 atom stereocenters. The van der Waals surface area contributed by atoms with E-state index in [1.807, 2.05) is 11.5 Å². The van der Waals surface area contributed by atoms with Crippen LogP contribution in [0.25, 0.3) is 12.2 Å². The van der Waals surface area contributed by atoms with Gasteiger partial charge in [0.15, 0.2) is 0 Å². The smallest absolute Gasteiger partial charge is 0.234 e. The molecule has 0 amide bonds. The highest BCUT2D eigenvalue weighted by molar-refractivity contribution is 5.84. The molecule has 1 N–H and O–H groups in total. The maximum atomic E-state index is 13.1. The molecule has 2 aromatic heterocycles. The first-order chi connectivity index (χ1) is 11.2. The normalized spacial score (nSPS) is 20.3. The number of aromatic nitrogens is 3. The number of aromatic amines is 1. The average molecular weight is 309 g/mol. The summed E-state index contributed by atoms with van der Waals surface area (Å²) in [6.07, 6.45) is 12.3. The number of fused-ring (bicyclic) bond motifs is 3. The molecule has 4 heteroatoms. The van der Waals surface area contributed by atoms with E-state index in [-0.39, 0.29) is 11.8 Å². The largest absolute Gasteiger partial charge is 0.348 e. The number of carbonyl (C=O) groups excluding carboxylic acids is 1. The van der Waals surface area contributed by atoms with Crippen molar-refractivity contribution in [3.8, 4) is 0 Å². The van der Waals surface area contributed by atoms with Crippen LogP contribution in [0.2, 0.25) is 0 Å². The highest BCUT2D eigenvalue weighted by Gasteiger charge is 2.30. The van der Waals surface area contributed by atoms with Crippen molar-refractivity contribution in [2.24, 2.45) is 5.92 Å². The summed E-state index contributed by atoms with van der Waals surface area (Å²) in [6.45, 7) is 4.20. The molecule has 1 aliphatic carbocycles. The Morgan fingerprint density at radius 2 is 2.13 bits per heavy atom. The second kappa shape index (κ2) is 5.52. The van der Waals surface area contributed by atoms with Gasteiger partial charge in [-0.1, -0.05) is 12.2 Å². The van der Waals surface area contributed by atoms with Crippen molar-refractivity contribution < 1.29 is 4.79 Å². The van der Waals surface area contributed by atoms with Crippen LogP contribution in [0, 0.1) is 19.8 Å². The Morgan fingerprint density at radius 3 is 2.91 bits per heavy atom. The minimum absolute atomic E-state index is 0.0389. The summed E-state index contributed by atoms with van der Waals surface area (Å²) in [5, 5.41) is 2.44. The Labute approximate surface area is 135 Å². The standard InChI is InChI=1S/C19H23N3O/c1-12-15-6-4-3-5-7-18(15)22-17(12)9-8-14(19(22)23)10-16-13(2)20-11-21-16/h6-7,11,14H,3-5,8-10H2,1-2H3,(H,20,21). The molecule has 0 saturated carbocycles. The van der Waals surface area contributed by atoms with Crippen LogP contribution in [-0.2, 0) is 12.8 Å². The quantitative estimate of drug-likeness (QED) is 0.923. The summed E-state index contributed by atoms with van der Waals surface area (Å²) in [5.41, 5.74) is 4.63. The number of hydrogen-bond donors (Lipinski definition) is 1. The number of aryl methyl sites for hydroxylation is 1. The van der Waals surface area contributed by atoms with Crippen LogP contribution in [0.15, 0.2) is 6.33 Å². The lowest BCUT2D eigenvalue weighted by Gasteiger charge is -2.23. The van der Waals surface area contributed by atoms with Gasteiger partial charge in [0.1, 0.15) is 0 Å². The van der Waals surface area contributed by atoms with Crippen molar-refractivity contribution in [1.82, 2.24) is 14.5 Å². The summed E-state index contributed by atoms with van der Waals surface area (Å²) in [7, 11) is 0. The first-order valence-electron chi connectivity index (χ1n) is 8.60. The van der Waals surface area contributed by atoms with Crippen molar-refractivity contribution >= 4 is 18.1 Å². The van der Waals surface area contributed by atoms with Crippen LogP contribution < -0.4 is 10.6 Å². The average Bonchev–Trinajstić information content (AvgIpc) is 2.94. The number of imidazole rings is 1. The van der Waals surface area contributed by atoms with Gasteiger partial charge in [-0.3, -0.25) is 9.36 Å². The Morgan fingerprint density at radius 1 is 1.30 bits per heavy atom. The van der Waals surface area contributed by atoms with Gasteiger partial charge in [-0.2, -0.15) is 0 Å². The van der Waals surface area contributed by atoms with Crippen LogP contribution >= 0.6 is 0 Å². The van der Waals surface area contributed by atoms with Gasteiger partial charge in [-0.05, 0) is 56.7 Å². The zero-order valence-electron chi connectivity index (χ0n) is 13.9. The third-order valence-corrected chi connectivity index (χ3v) is 5.39. The summed E-state index contributed by atoms with van der Waals surface area (Å²) >= 11 is 0. The first-order valence-corrected chi connectivity index (χ1v) is 8.60. The van der Waals surface area contributed by atoms with Crippen molar-refractivity contribution in [3.63, 3.8) is 0 Å². The predicted molar refractivity (Wildman–Crippen MR) is 90.7 cm³/mol. The number of H-pyrrole nitrogens is 1. The lowest BCUT2D eigenvalue weighted by molar-refractivity contribution is 0.0798. The Hall–Kier alpha value is -2.10. The van der Waals surface area contributed by atoms with Gasteiger partial charge in [0, 0.05) is 23.7 Å². The zero-order chi connectivity index (χ0) is 16.0. The number of hydrogen-bond acceptors (Lipinski definition) is 2. The van der Waals surface area contributed by atoms with Crippen molar-refractivity contribution in [1.29, 1.82) is 0 Å². The lowest BCUT2D eigenvalue weighted by atomic mass is 9.91. The number of carbonyl (C=O) groups is 1. The van der Waals surface area contributed by atoms with Gasteiger partial charge < -0.3 is 4.98 Å². The van der Waals surface area contributed by atoms with E-state index < -0.39 is 0 Å². The van der Waals surface area contributed by atoms with E-state index in [0.29, 0.717) is 0 Å². The molecule has 0 radical (unpaired) electrons. The molecule has 1 aliphatic heterocycles. The highest BCUT2D eigenvalue weighted by Crippen LogP contribution is 2.24. The minimum Gasteiger partial charge on any atom is -0.348 e. The highest BCUT2D eigenvalue weighted by atomic mass is 16.2. The van der Waals surface area contributed by atoms with E-state index in [0.717, 1.165) is 48.8 Å². The van der Waals surface area contributed by atoms with E-state index in [1.165, 1.54) is 22.9 Å². The van der Waals surface area contributed by atoms with Crippen LogP contribution in [0.1, 0.15) is 53.1 Å². The van der Waals surface area contributed by atoms with E-state index in [2.05, 4.69) is 29.0 Å². The lowest BCUT2D eigenvalue weighted by Crippen LogP contribution is -2.39. The van der Waals surface area contributed by atoms with Crippen LogP contribution in [0.5, 0.6) is 0 Å². The second-order valence-corrected chi connectivity index (χ2v) is 6.80. The van der Waals surface area contributed by atoms with Crippen molar-refractivity contribution in [2.45, 2.75) is 52.4 Å². The molecule has 4 nitrogen and oxygen atoms in total. The summed E-state index contributed by atoms with van der Waals surface area (Å²) in [4.78, 5) is 20.6. The molecule has 0 fully saturated rings. The Balaban J connectivity index is 1.78.